The lowest BCUT2D eigenvalue weighted by molar-refractivity contribution is -0.218. The van der Waals surface area contributed by atoms with Crippen LogP contribution in [0.25, 0.3) is 11.0 Å². The van der Waals surface area contributed by atoms with Gasteiger partial charge in [0.15, 0.2) is 5.43 Å². The summed E-state index contributed by atoms with van der Waals surface area (Å²) in [6.07, 6.45) is 11.0. The normalized spacial score (nSPS) is 41.0. The molecule has 4 fully saturated rings. The maximum Gasteiger partial charge on any atom is 0.312 e. The first kappa shape index (κ1) is 38.4. The molecule has 53 heavy (non-hydrogen) atoms. The number of aliphatic hydroxyl groups is 2. The largest absolute Gasteiger partial charge is 0.507 e. The minimum Gasteiger partial charge on any atom is -0.507 e. The van der Waals surface area contributed by atoms with E-state index in [4.69, 9.17) is 9.15 Å². The Kier molecular flexibility index (Phi) is 9.13. The number of hydrogen-bond donors (Lipinski definition) is 4. The van der Waals surface area contributed by atoms with Crippen LogP contribution in [0.3, 0.4) is 0 Å². The molecule has 5 aliphatic carbocycles. The number of aryl methyl sites for hydroxylation is 1. The molecular weight excluding hydrogens is 668 g/mol. The third-order valence-electron chi connectivity index (χ3n) is 16.7. The Labute approximate surface area is 315 Å². The van der Waals surface area contributed by atoms with Gasteiger partial charge < -0.3 is 29.6 Å². The summed E-state index contributed by atoms with van der Waals surface area (Å²) in [6.45, 7) is 20.8. The van der Waals surface area contributed by atoms with Gasteiger partial charge in [-0.2, -0.15) is 0 Å². The summed E-state index contributed by atoms with van der Waals surface area (Å²) in [5, 5.41) is 43.7. The molecule has 10 atom stereocenters. The lowest BCUT2D eigenvalue weighted by atomic mass is 9.33. The van der Waals surface area contributed by atoms with E-state index in [0.29, 0.717) is 66.3 Å². The van der Waals surface area contributed by atoms with Crippen molar-refractivity contribution in [2.75, 3.05) is 6.61 Å². The SMILES string of the molecule is CC1(C)CCC2(C(=O)O)C(O)CC3(C)C(=CCC4C5(C)CCC(O)C(C)(C)C5CCC43C)C2C1.Cc1cc(=O)c2c(O)c3c(cc2o1)OCC(C)CC3. The number of rotatable bonds is 1. The van der Waals surface area contributed by atoms with Crippen LogP contribution in [0.1, 0.15) is 131 Å². The molecule has 8 rings (SSSR count). The van der Waals surface area contributed by atoms with Crippen molar-refractivity contribution in [1.29, 1.82) is 0 Å². The second-order valence-electron chi connectivity index (χ2n) is 20.4. The zero-order valence-electron chi connectivity index (χ0n) is 33.6. The Morgan fingerprint density at radius 2 is 1.60 bits per heavy atom. The number of ether oxygens (including phenoxy) is 1. The molecule has 0 bridgehead atoms. The predicted molar refractivity (Wildman–Crippen MR) is 206 cm³/mol. The molecule has 8 nitrogen and oxygen atoms in total. The van der Waals surface area contributed by atoms with Crippen molar-refractivity contribution in [3.63, 3.8) is 0 Å². The highest BCUT2D eigenvalue weighted by molar-refractivity contribution is 5.87. The van der Waals surface area contributed by atoms with E-state index in [9.17, 15) is 30.0 Å². The number of aromatic hydroxyl groups is 1. The third-order valence-corrected chi connectivity index (χ3v) is 16.7. The van der Waals surface area contributed by atoms with E-state index in [1.807, 2.05) is 0 Å². The Morgan fingerprint density at radius 1 is 0.887 bits per heavy atom. The number of carboxylic acids is 1. The van der Waals surface area contributed by atoms with E-state index >= 15 is 0 Å². The first-order valence-corrected chi connectivity index (χ1v) is 20.3. The fourth-order valence-electron chi connectivity index (χ4n) is 13.2. The molecule has 1 aliphatic heterocycles. The van der Waals surface area contributed by atoms with Gasteiger partial charge in [-0.05, 0) is 128 Å². The molecule has 2 aromatic rings. The number of carboxylic acid groups (broad SMARTS) is 1. The van der Waals surface area contributed by atoms with Crippen LogP contribution >= 0.6 is 0 Å². The van der Waals surface area contributed by atoms with Gasteiger partial charge in [0, 0.05) is 17.7 Å². The van der Waals surface area contributed by atoms with Crippen molar-refractivity contribution in [2.24, 2.45) is 56.2 Å². The minimum atomic E-state index is -1.04. The van der Waals surface area contributed by atoms with E-state index in [1.165, 1.54) is 11.6 Å². The fourth-order valence-corrected chi connectivity index (χ4v) is 13.2. The zero-order chi connectivity index (χ0) is 38.7. The van der Waals surface area contributed by atoms with Crippen LogP contribution in [0, 0.1) is 63.1 Å². The van der Waals surface area contributed by atoms with Gasteiger partial charge in [-0.3, -0.25) is 9.59 Å². The van der Waals surface area contributed by atoms with Crippen LogP contribution in [0.15, 0.2) is 33.0 Å². The maximum atomic E-state index is 12.8. The molecule has 0 radical (unpaired) electrons. The van der Waals surface area contributed by atoms with Crippen molar-refractivity contribution >= 4 is 16.9 Å². The van der Waals surface area contributed by atoms with E-state index in [-0.39, 0.29) is 55.7 Å². The fraction of sp³-hybridized carbons (Fsp3) is 0.733. The van der Waals surface area contributed by atoms with Crippen molar-refractivity contribution in [3.8, 4) is 11.5 Å². The van der Waals surface area contributed by atoms with E-state index in [0.717, 1.165) is 51.4 Å². The average Bonchev–Trinajstić information content (AvgIpc) is 3.24. The number of hydrogen-bond acceptors (Lipinski definition) is 7. The number of aliphatic hydroxyl groups excluding tert-OH is 2. The van der Waals surface area contributed by atoms with Gasteiger partial charge in [0.25, 0.3) is 0 Å². The molecule has 292 valence electrons. The molecule has 4 N–H and O–H groups in total. The average molecular weight is 733 g/mol. The van der Waals surface area contributed by atoms with Gasteiger partial charge in [-0.25, -0.2) is 0 Å². The highest BCUT2D eigenvalue weighted by atomic mass is 16.5. The summed E-state index contributed by atoms with van der Waals surface area (Å²) < 4.78 is 11.2. The summed E-state index contributed by atoms with van der Waals surface area (Å²) >= 11 is 0. The molecule has 10 unspecified atom stereocenters. The van der Waals surface area contributed by atoms with Crippen molar-refractivity contribution in [2.45, 2.75) is 145 Å². The molecule has 2 heterocycles. The molecule has 0 saturated heterocycles. The van der Waals surface area contributed by atoms with Crippen LogP contribution in [0.4, 0.5) is 0 Å². The minimum absolute atomic E-state index is 0.00958. The smallest absolute Gasteiger partial charge is 0.312 e. The summed E-state index contributed by atoms with van der Waals surface area (Å²) in [5.41, 5.74) is 1.18. The van der Waals surface area contributed by atoms with Gasteiger partial charge in [0.05, 0.1) is 18.8 Å². The Hall–Kier alpha value is -2.84. The van der Waals surface area contributed by atoms with E-state index in [2.05, 4.69) is 61.5 Å². The number of fused-ring (bicyclic) bond motifs is 9. The van der Waals surface area contributed by atoms with Crippen LogP contribution in [0.5, 0.6) is 11.5 Å². The number of carbonyl (C=O) groups is 1. The first-order valence-electron chi connectivity index (χ1n) is 20.3. The van der Waals surface area contributed by atoms with Crippen LogP contribution in [-0.2, 0) is 11.2 Å². The Morgan fingerprint density at radius 3 is 2.30 bits per heavy atom. The van der Waals surface area contributed by atoms with E-state index in [1.54, 1.807) is 13.0 Å². The standard InChI is InChI=1S/C30H48O4.C15H16O4/c1-25(2)14-15-30(24(33)34)19(16-25)18-8-9-21-27(5)12-11-22(31)26(3,4)20(27)10-13-28(21,6)29(18,7)17-23(30)32;1-8-3-4-10-12(18-7-8)6-13-14(15(10)17)11(16)5-9(2)19-13/h8,19-23,31-32H,9-17H2,1-7H3,(H,33,34);5-6,8,17H,3-4,7H2,1-2H3. The van der Waals surface area contributed by atoms with Crippen LogP contribution < -0.4 is 10.2 Å². The summed E-state index contributed by atoms with van der Waals surface area (Å²) in [4.78, 5) is 24.8. The monoisotopic (exact) mass is 732 g/mol. The number of benzene rings is 1. The molecule has 0 amide bonds. The number of aliphatic carboxylic acids is 1. The predicted octanol–water partition coefficient (Wildman–Crippen LogP) is 8.97. The summed E-state index contributed by atoms with van der Waals surface area (Å²) in [5.74, 6) is 1.68. The maximum absolute atomic E-state index is 12.8. The molecule has 8 heteroatoms. The second-order valence-corrected chi connectivity index (χ2v) is 20.4. The molecule has 1 aromatic heterocycles. The van der Waals surface area contributed by atoms with Crippen LogP contribution in [-0.4, -0.2) is 45.2 Å². The molecule has 4 saturated carbocycles. The molecule has 1 aromatic carbocycles. The second kappa shape index (κ2) is 12.6. The van der Waals surface area contributed by atoms with Gasteiger partial charge in [-0.1, -0.05) is 67.0 Å². The van der Waals surface area contributed by atoms with Crippen molar-refractivity contribution in [3.05, 3.63) is 45.3 Å². The van der Waals surface area contributed by atoms with Crippen molar-refractivity contribution < 1.29 is 34.4 Å². The Balaban J connectivity index is 0.000000193. The van der Waals surface area contributed by atoms with Gasteiger partial charge in [-0.15, -0.1) is 0 Å². The summed E-state index contributed by atoms with van der Waals surface area (Å²) in [6, 6.07) is 3.12. The quantitative estimate of drug-likeness (QED) is 0.213. The van der Waals surface area contributed by atoms with Crippen molar-refractivity contribution in [1.82, 2.24) is 0 Å². The Bertz CT molecular complexity index is 1890. The molecular formula is C45H64O8. The van der Waals surface area contributed by atoms with Gasteiger partial charge >= 0.3 is 5.97 Å². The first-order chi connectivity index (χ1) is 24.6. The topological polar surface area (TPSA) is 137 Å². The number of phenolic OH excluding ortho intramolecular Hbond substituents is 1. The number of allylic oxidation sites excluding steroid dienone is 2. The van der Waals surface area contributed by atoms with Gasteiger partial charge in [0.2, 0.25) is 0 Å². The number of phenols is 1. The lowest BCUT2D eigenvalue weighted by Gasteiger charge is -2.71. The van der Waals surface area contributed by atoms with Crippen LogP contribution in [0.2, 0.25) is 0 Å². The highest BCUT2D eigenvalue weighted by Crippen LogP contribution is 2.75. The summed E-state index contributed by atoms with van der Waals surface area (Å²) in [7, 11) is 0. The van der Waals surface area contributed by atoms with E-state index < -0.39 is 17.5 Å². The lowest BCUT2D eigenvalue weighted by Crippen LogP contribution is -2.67. The van der Waals surface area contributed by atoms with Gasteiger partial charge in [0.1, 0.15) is 33.6 Å². The third kappa shape index (κ3) is 5.57. The molecule has 0 spiro atoms. The molecule has 6 aliphatic rings. The zero-order valence-corrected chi connectivity index (χ0v) is 33.6. The highest BCUT2D eigenvalue weighted by Gasteiger charge is 2.71.